The number of rotatable bonds is 5. The number of aromatic carboxylic acids is 1. The molecule has 8 heteroatoms. The molecule has 0 saturated heterocycles. The summed E-state index contributed by atoms with van der Waals surface area (Å²) in [7, 11) is -1.83. The van der Waals surface area contributed by atoms with Crippen molar-refractivity contribution in [2.45, 2.75) is 11.4 Å². The van der Waals surface area contributed by atoms with E-state index in [1.54, 1.807) is 6.33 Å². The molecule has 2 N–H and O–H groups in total. The maximum Gasteiger partial charge on any atom is 0.335 e. The monoisotopic (exact) mass is 345 g/mol. The molecule has 0 unspecified atom stereocenters. The molecule has 24 heavy (non-hydrogen) atoms. The molecule has 0 atom stereocenters. The number of carboxylic acids is 1. The van der Waals surface area contributed by atoms with E-state index in [2.05, 4.69) is 9.71 Å². The average Bonchev–Trinajstić information content (AvgIpc) is 2.94. The lowest BCUT2D eigenvalue weighted by atomic mass is 10.2. The fourth-order valence-corrected chi connectivity index (χ4v) is 3.35. The van der Waals surface area contributed by atoms with Crippen LogP contribution < -0.4 is 4.72 Å². The van der Waals surface area contributed by atoms with Gasteiger partial charge >= 0.3 is 5.97 Å². The Labute approximate surface area is 138 Å². The van der Waals surface area contributed by atoms with Crippen LogP contribution in [0.3, 0.4) is 0 Å². The number of hydrogen-bond acceptors (Lipinski definition) is 4. The highest BCUT2D eigenvalue weighted by atomic mass is 32.2. The standard InChI is InChI=1S/C16H15N3O4S/c1-19-10-17-14-8-11(2-7-15(14)19)9-18-24(22,23)13-5-3-12(4-6-13)16(20)21/h2-8,10,18H,9H2,1H3,(H,20,21). The van der Waals surface area contributed by atoms with Gasteiger partial charge in [0.2, 0.25) is 10.0 Å². The molecule has 0 fully saturated rings. The van der Waals surface area contributed by atoms with Crippen LogP contribution in [0.25, 0.3) is 11.0 Å². The summed E-state index contributed by atoms with van der Waals surface area (Å²) >= 11 is 0. The summed E-state index contributed by atoms with van der Waals surface area (Å²) in [6.07, 6.45) is 1.70. The fourth-order valence-electron chi connectivity index (χ4n) is 2.33. The zero-order chi connectivity index (χ0) is 17.3. The van der Waals surface area contributed by atoms with Crippen molar-refractivity contribution >= 4 is 27.0 Å². The van der Waals surface area contributed by atoms with Gasteiger partial charge in [-0.05, 0) is 42.0 Å². The summed E-state index contributed by atoms with van der Waals surface area (Å²) in [5.41, 5.74) is 2.58. The van der Waals surface area contributed by atoms with Gasteiger partial charge in [-0.3, -0.25) is 0 Å². The first-order valence-corrected chi connectivity index (χ1v) is 8.58. The van der Waals surface area contributed by atoms with Crippen molar-refractivity contribution in [2.75, 3.05) is 0 Å². The number of carboxylic acid groups (broad SMARTS) is 1. The van der Waals surface area contributed by atoms with Gasteiger partial charge in [0.1, 0.15) is 0 Å². The van der Waals surface area contributed by atoms with E-state index in [0.717, 1.165) is 16.6 Å². The Bertz CT molecular complexity index is 1010. The van der Waals surface area contributed by atoms with E-state index < -0.39 is 16.0 Å². The van der Waals surface area contributed by atoms with Crippen LogP contribution in [0.1, 0.15) is 15.9 Å². The molecule has 7 nitrogen and oxygen atoms in total. The molecular weight excluding hydrogens is 330 g/mol. The van der Waals surface area contributed by atoms with E-state index in [1.165, 1.54) is 24.3 Å². The molecule has 3 aromatic rings. The number of sulfonamides is 1. The van der Waals surface area contributed by atoms with Crippen LogP contribution in [0.5, 0.6) is 0 Å². The minimum Gasteiger partial charge on any atom is -0.478 e. The molecule has 0 aliphatic rings. The van der Waals surface area contributed by atoms with Gasteiger partial charge in [-0.2, -0.15) is 0 Å². The Kier molecular flexibility index (Phi) is 4.08. The van der Waals surface area contributed by atoms with E-state index in [-0.39, 0.29) is 17.0 Å². The third kappa shape index (κ3) is 3.15. The van der Waals surface area contributed by atoms with Crippen molar-refractivity contribution in [3.05, 3.63) is 59.9 Å². The molecule has 0 bridgehead atoms. The van der Waals surface area contributed by atoms with Gasteiger partial charge in [-0.25, -0.2) is 22.9 Å². The van der Waals surface area contributed by atoms with Crippen molar-refractivity contribution in [3.63, 3.8) is 0 Å². The van der Waals surface area contributed by atoms with Crippen LogP contribution in [0.4, 0.5) is 0 Å². The van der Waals surface area contributed by atoms with Gasteiger partial charge in [0.25, 0.3) is 0 Å². The Morgan fingerprint density at radius 1 is 1.21 bits per heavy atom. The van der Waals surface area contributed by atoms with Gasteiger partial charge in [-0.1, -0.05) is 6.07 Å². The van der Waals surface area contributed by atoms with Crippen LogP contribution in [0, 0.1) is 0 Å². The molecule has 0 saturated carbocycles. The summed E-state index contributed by atoms with van der Waals surface area (Å²) in [6, 6.07) is 10.6. The molecular formula is C16H15N3O4S. The number of benzene rings is 2. The summed E-state index contributed by atoms with van der Waals surface area (Å²) in [5, 5.41) is 8.85. The van der Waals surface area contributed by atoms with Crippen LogP contribution in [0.2, 0.25) is 0 Å². The predicted molar refractivity (Wildman–Crippen MR) is 88.1 cm³/mol. The minimum absolute atomic E-state index is 0.0198. The van der Waals surface area contributed by atoms with Crippen LogP contribution in [-0.4, -0.2) is 29.0 Å². The third-order valence-corrected chi connectivity index (χ3v) is 5.08. The second-order valence-electron chi connectivity index (χ2n) is 5.33. The van der Waals surface area contributed by atoms with Crippen LogP contribution >= 0.6 is 0 Å². The highest BCUT2D eigenvalue weighted by molar-refractivity contribution is 7.89. The van der Waals surface area contributed by atoms with Crippen LogP contribution in [-0.2, 0) is 23.6 Å². The van der Waals surface area contributed by atoms with Gasteiger partial charge < -0.3 is 9.67 Å². The number of aryl methyl sites for hydroxylation is 1. The van der Waals surface area contributed by atoms with Crippen molar-refractivity contribution < 1.29 is 18.3 Å². The first-order chi connectivity index (χ1) is 11.4. The Balaban J connectivity index is 1.77. The third-order valence-electron chi connectivity index (χ3n) is 3.67. The number of aromatic nitrogens is 2. The maximum absolute atomic E-state index is 12.3. The highest BCUT2D eigenvalue weighted by Crippen LogP contribution is 2.15. The number of fused-ring (bicyclic) bond motifs is 1. The first-order valence-electron chi connectivity index (χ1n) is 7.10. The first kappa shape index (κ1) is 16.2. The number of imidazole rings is 1. The molecule has 0 aliphatic carbocycles. The molecule has 2 aromatic carbocycles. The van der Waals surface area contributed by atoms with Gasteiger partial charge in [0.15, 0.2) is 0 Å². The van der Waals surface area contributed by atoms with Gasteiger partial charge in [0, 0.05) is 13.6 Å². The fraction of sp³-hybridized carbons (Fsp3) is 0.125. The zero-order valence-corrected chi connectivity index (χ0v) is 13.6. The second-order valence-corrected chi connectivity index (χ2v) is 7.10. The van der Waals surface area contributed by atoms with E-state index in [1.807, 2.05) is 29.8 Å². The number of hydrogen-bond donors (Lipinski definition) is 2. The van der Waals surface area contributed by atoms with Crippen molar-refractivity contribution in [2.24, 2.45) is 7.05 Å². The predicted octanol–water partition coefficient (Wildman–Crippen LogP) is 1.75. The van der Waals surface area contributed by atoms with Crippen molar-refractivity contribution in [1.82, 2.24) is 14.3 Å². The van der Waals surface area contributed by atoms with E-state index in [9.17, 15) is 13.2 Å². The van der Waals surface area contributed by atoms with E-state index >= 15 is 0 Å². The Hall–Kier alpha value is -2.71. The van der Waals surface area contributed by atoms with Gasteiger partial charge in [-0.15, -0.1) is 0 Å². The second kappa shape index (κ2) is 6.06. The summed E-state index contributed by atoms with van der Waals surface area (Å²) in [5.74, 6) is -1.10. The lowest BCUT2D eigenvalue weighted by Crippen LogP contribution is -2.23. The van der Waals surface area contributed by atoms with E-state index in [0.29, 0.717) is 0 Å². The van der Waals surface area contributed by atoms with Crippen molar-refractivity contribution in [3.8, 4) is 0 Å². The molecule has 0 aliphatic heterocycles. The zero-order valence-electron chi connectivity index (χ0n) is 12.8. The summed E-state index contributed by atoms with van der Waals surface area (Å²) < 4.78 is 28.9. The smallest absolute Gasteiger partial charge is 0.335 e. The summed E-state index contributed by atoms with van der Waals surface area (Å²) in [6.45, 7) is 0.121. The molecule has 0 amide bonds. The largest absolute Gasteiger partial charge is 0.478 e. The lowest BCUT2D eigenvalue weighted by molar-refractivity contribution is 0.0696. The Morgan fingerprint density at radius 2 is 1.92 bits per heavy atom. The summed E-state index contributed by atoms with van der Waals surface area (Å²) in [4.78, 5) is 15.1. The molecule has 1 aromatic heterocycles. The molecule has 0 radical (unpaired) electrons. The molecule has 3 rings (SSSR count). The van der Waals surface area contributed by atoms with Crippen LogP contribution in [0.15, 0.2) is 53.7 Å². The normalized spacial score (nSPS) is 11.7. The number of nitrogens with zero attached hydrogens (tertiary/aromatic N) is 2. The topological polar surface area (TPSA) is 101 Å². The molecule has 124 valence electrons. The molecule has 0 spiro atoms. The quantitative estimate of drug-likeness (QED) is 0.733. The maximum atomic E-state index is 12.3. The lowest BCUT2D eigenvalue weighted by Gasteiger charge is -2.07. The Morgan fingerprint density at radius 3 is 2.58 bits per heavy atom. The number of nitrogens with one attached hydrogen (secondary N) is 1. The highest BCUT2D eigenvalue weighted by Gasteiger charge is 2.15. The SMILES string of the molecule is Cn1cnc2cc(CNS(=O)(=O)c3ccc(C(=O)O)cc3)ccc21. The minimum atomic E-state index is -3.72. The van der Waals surface area contributed by atoms with Gasteiger partial charge in [0.05, 0.1) is 27.8 Å². The van der Waals surface area contributed by atoms with E-state index in [4.69, 9.17) is 5.11 Å². The average molecular weight is 345 g/mol. The number of carbonyl (C=O) groups is 1. The molecule has 1 heterocycles. The van der Waals surface area contributed by atoms with Crippen molar-refractivity contribution in [1.29, 1.82) is 0 Å².